The summed E-state index contributed by atoms with van der Waals surface area (Å²) in [6.07, 6.45) is 2.68. The standard InChI is InChI=1S/C15H17FN4O/c16-13-4-2-1-3-11(13)7-17-15(21)10-20-6-5-14-12(9-20)8-18-19-14/h1-4,8H,5-7,9-10H2,(H,17,21)(H,18,19). The highest BCUT2D eigenvalue weighted by Crippen LogP contribution is 2.15. The van der Waals surface area contributed by atoms with E-state index in [2.05, 4.69) is 20.4 Å². The van der Waals surface area contributed by atoms with Crippen LogP contribution in [0.4, 0.5) is 4.39 Å². The Kier molecular flexibility index (Phi) is 3.96. The molecule has 0 spiro atoms. The van der Waals surface area contributed by atoms with Crippen molar-refractivity contribution in [3.63, 3.8) is 0 Å². The molecule has 0 bridgehead atoms. The Balaban J connectivity index is 1.50. The molecule has 0 radical (unpaired) electrons. The number of H-pyrrole nitrogens is 1. The quantitative estimate of drug-likeness (QED) is 0.889. The van der Waals surface area contributed by atoms with Crippen LogP contribution in [0.25, 0.3) is 0 Å². The number of aromatic nitrogens is 2. The van der Waals surface area contributed by atoms with Crippen LogP contribution in [0.2, 0.25) is 0 Å². The van der Waals surface area contributed by atoms with Gasteiger partial charge in [0.15, 0.2) is 0 Å². The molecular weight excluding hydrogens is 271 g/mol. The van der Waals surface area contributed by atoms with Crippen LogP contribution in [-0.4, -0.2) is 34.1 Å². The third-order valence-electron chi connectivity index (χ3n) is 3.68. The van der Waals surface area contributed by atoms with Crippen LogP contribution in [0, 0.1) is 5.82 Å². The lowest BCUT2D eigenvalue weighted by Crippen LogP contribution is -2.39. The number of nitrogens with one attached hydrogen (secondary N) is 2. The number of rotatable bonds is 4. The summed E-state index contributed by atoms with van der Waals surface area (Å²) in [5, 5.41) is 9.74. The molecule has 2 aromatic rings. The normalized spacial score (nSPS) is 14.7. The van der Waals surface area contributed by atoms with Gasteiger partial charge in [-0.2, -0.15) is 5.10 Å². The predicted molar refractivity (Wildman–Crippen MR) is 75.8 cm³/mol. The molecule has 5 nitrogen and oxygen atoms in total. The van der Waals surface area contributed by atoms with Gasteiger partial charge in [-0.3, -0.25) is 14.8 Å². The van der Waals surface area contributed by atoms with Crippen molar-refractivity contribution < 1.29 is 9.18 Å². The van der Waals surface area contributed by atoms with E-state index in [0.717, 1.165) is 30.8 Å². The van der Waals surface area contributed by atoms with Crippen molar-refractivity contribution in [3.8, 4) is 0 Å². The maximum Gasteiger partial charge on any atom is 0.234 e. The maximum atomic E-state index is 13.5. The Labute approximate surface area is 122 Å². The molecule has 1 aromatic heterocycles. The average Bonchev–Trinajstić information content (AvgIpc) is 2.94. The first-order chi connectivity index (χ1) is 10.2. The summed E-state index contributed by atoms with van der Waals surface area (Å²) < 4.78 is 13.5. The van der Waals surface area contributed by atoms with Crippen LogP contribution in [-0.2, 0) is 24.3 Å². The van der Waals surface area contributed by atoms with Gasteiger partial charge in [0, 0.05) is 42.9 Å². The lowest BCUT2D eigenvalue weighted by molar-refractivity contribution is -0.122. The molecule has 110 valence electrons. The molecule has 1 aliphatic rings. The molecule has 1 aliphatic heterocycles. The zero-order valence-corrected chi connectivity index (χ0v) is 11.6. The summed E-state index contributed by atoms with van der Waals surface area (Å²) in [7, 11) is 0. The van der Waals surface area contributed by atoms with E-state index in [4.69, 9.17) is 0 Å². The third-order valence-corrected chi connectivity index (χ3v) is 3.68. The molecule has 2 heterocycles. The van der Waals surface area contributed by atoms with Gasteiger partial charge in [0.1, 0.15) is 5.82 Å². The second-order valence-electron chi connectivity index (χ2n) is 5.20. The number of carbonyl (C=O) groups is 1. The first-order valence-electron chi connectivity index (χ1n) is 6.96. The van der Waals surface area contributed by atoms with Crippen LogP contribution < -0.4 is 5.32 Å². The number of carbonyl (C=O) groups excluding carboxylic acids is 1. The van der Waals surface area contributed by atoms with Gasteiger partial charge >= 0.3 is 0 Å². The highest BCUT2D eigenvalue weighted by molar-refractivity contribution is 5.78. The molecule has 1 amide bonds. The van der Waals surface area contributed by atoms with E-state index in [1.54, 1.807) is 24.4 Å². The number of amides is 1. The van der Waals surface area contributed by atoms with E-state index < -0.39 is 0 Å². The number of aromatic amines is 1. The SMILES string of the molecule is O=C(CN1CCc2[nH]ncc2C1)NCc1ccccc1F. The molecule has 0 fully saturated rings. The van der Waals surface area contributed by atoms with Gasteiger partial charge in [-0.05, 0) is 6.07 Å². The van der Waals surface area contributed by atoms with E-state index in [1.165, 1.54) is 6.07 Å². The van der Waals surface area contributed by atoms with Gasteiger partial charge in [0.2, 0.25) is 5.91 Å². The van der Waals surface area contributed by atoms with Gasteiger partial charge in [0.25, 0.3) is 0 Å². The van der Waals surface area contributed by atoms with Gasteiger partial charge in [-0.1, -0.05) is 18.2 Å². The van der Waals surface area contributed by atoms with Crippen molar-refractivity contribution in [1.82, 2.24) is 20.4 Å². The van der Waals surface area contributed by atoms with Crippen molar-refractivity contribution in [2.24, 2.45) is 0 Å². The van der Waals surface area contributed by atoms with Crippen LogP contribution in [0.15, 0.2) is 30.5 Å². The second kappa shape index (κ2) is 6.05. The number of fused-ring (bicyclic) bond motifs is 1. The van der Waals surface area contributed by atoms with Crippen LogP contribution in [0.1, 0.15) is 16.8 Å². The third kappa shape index (κ3) is 3.28. The zero-order valence-electron chi connectivity index (χ0n) is 11.6. The van der Waals surface area contributed by atoms with E-state index in [-0.39, 0.29) is 18.3 Å². The summed E-state index contributed by atoms with van der Waals surface area (Å²) in [4.78, 5) is 14.0. The fraction of sp³-hybridized carbons (Fsp3) is 0.333. The first kappa shape index (κ1) is 13.8. The van der Waals surface area contributed by atoms with Gasteiger partial charge < -0.3 is 5.32 Å². The molecule has 6 heteroatoms. The molecule has 21 heavy (non-hydrogen) atoms. The van der Waals surface area contributed by atoms with Gasteiger partial charge in [-0.25, -0.2) is 4.39 Å². The van der Waals surface area contributed by atoms with E-state index in [1.807, 2.05) is 0 Å². The minimum Gasteiger partial charge on any atom is -0.351 e. The lowest BCUT2D eigenvalue weighted by Gasteiger charge is -2.25. The van der Waals surface area contributed by atoms with E-state index >= 15 is 0 Å². The number of halogens is 1. The fourth-order valence-electron chi connectivity index (χ4n) is 2.51. The van der Waals surface area contributed by atoms with Crippen molar-refractivity contribution in [1.29, 1.82) is 0 Å². The number of nitrogens with zero attached hydrogens (tertiary/aromatic N) is 2. The lowest BCUT2D eigenvalue weighted by atomic mass is 10.1. The summed E-state index contributed by atoms with van der Waals surface area (Å²) >= 11 is 0. The van der Waals surface area contributed by atoms with Gasteiger partial charge in [0.05, 0.1) is 12.7 Å². The Morgan fingerprint density at radius 2 is 2.29 bits per heavy atom. The molecule has 3 rings (SSSR count). The van der Waals surface area contributed by atoms with Crippen molar-refractivity contribution in [2.45, 2.75) is 19.5 Å². The minimum absolute atomic E-state index is 0.0924. The monoisotopic (exact) mass is 288 g/mol. The van der Waals surface area contributed by atoms with Crippen molar-refractivity contribution in [2.75, 3.05) is 13.1 Å². The summed E-state index contributed by atoms with van der Waals surface area (Å²) in [6.45, 7) is 2.08. The summed E-state index contributed by atoms with van der Waals surface area (Å²) in [5.41, 5.74) is 2.79. The summed E-state index contributed by atoms with van der Waals surface area (Å²) in [6, 6.07) is 6.47. The van der Waals surface area contributed by atoms with E-state index in [9.17, 15) is 9.18 Å². The Morgan fingerprint density at radius 3 is 3.14 bits per heavy atom. The Hall–Kier alpha value is -2.21. The number of benzene rings is 1. The largest absolute Gasteiger partial charge is 0.351 e. The van der Waals surface area contributed by atoms with Crippen LogP contribution in [0.5, 0.6) is 0 Å². The van der Waals surface area contributed by atoms with Crippen LogP contribution in [0.3, 0.4) is 0 Å². The average molecular weight is 288 g/mol. The molecule has 0 saturated carbocycles. The zero-order chi connectivity index (χ0) is 14.7. The molecule has 0 saturated heterocycles. The molecule has 0 aliphatic carbocycles. The van der Waals surface area contributed by atoms with Crippen molar-refractivity contribution in [3.05, 3.63) is 53.1 Å². The molecule has 0 unspecified atom stereocenters. The second-order valence-corrected chi connectivity index (χ2v) is 5.20. The number of hydrogen-bond donors (Lipinski definition) is 2. The number of hydrogen-bond acceptors (Lipinski definition) is 3. The van der Waals surface area contributed by atoms with E-state index in [0.29, 0.717) is 12.1 Å². The first-order valence-corrected chi connectivity index (χ1v) is 6.96. The fourth-order valence-corrected chi connectivity index (χ4v) is 2.51. The Bertz CT molecular complexity index is 640. The van der Waals surface area contributed by atoms with Crippen LogP contribution >= 0.6 is 0 Å². The molecule has 1 aromatic carbocycles. The van der Waals surface area contributed by atoms with Gasteiger partial charge in [-0.15, -0.1) is 0 Å². The maximum absolute atomic E-state index is 13.5. The predicted octanol–water partition coefficient (Wildman–Crippen LogP) is 1.22. The highest BCUT2D eigenvalue weighted by Gasteiger charge is 2.19. The molecule has 0 atom stereocenters. The smallest absolute Gasteiger partial charge is 0.234 e. The molecular formula is C15H17FN4O. The Morgan fingerprint density at radius 1 is 1.43 bits per heavy atom. The van der Waals surface area contributed by atoms with Crippen molar-refractivity contribution >= 4 is 5.91 Å². The highest BCUT2D eigenvalue weighted by atomic mass is 19.1. The minimum atomic E-state index is -0.293. The summed E-state index contributed by atoms with van der Waals surface area (Å²) in [5.74, 6) is -0.385. The molecule has 2 N–H and O–H groups in total. The topological polar surface area (TPSA) is 61.0 Å².